The molecular weight excluding hydrogens is 324 g/mol. The molecule has 0 fully saturated rings. The third kappa shape index (κ3) is 3.20. The van der Waals surface area contributed by atoms with E-state index in [0.717, 1.165) is 11.1 Å². The number of sulfonamides is 1. The lowest BCUT2D eigenvalue weighted by molar-refractivity contribution is -0.116. The Morgan fingerprint density at radius 2 is 1.88 bits per heavy atom. The number of carbonyl (C=O) groups excluding carboxylic acids is 1. The van der Waals surface area contributed by atoms with Gasteiger partial charge in [0, 0.05) is 12.2 Å². The van der Waals surface area contributed by atoms with Gasteiger partial charge in [0.05, 0.1) is 10.8 Å². The fraction of sp³-hybridized carbons (Fsp3) is 0.278. The van der Waals surface area contributed by atoms with Crippen molar-refractivity contribution >= 4 is 21.6 Å². The van der Waals surface area contributed by atoms with Crippen molar-refractivity contribution in [3.8, 4) is 0 Å². The molecule has 126 valence electrons. The van der Waals surface area contributed by atoms with Gasteiger partial charge in [-0.25, -0.2) is 13.1 Å². The Labute approximate surface area is 142 Å². The van der Waals surface area contributed by atoms with E-state index in [1.165, 1.54) is 6.07 Å². The third-order valence-corrected chi connectivity index (χ3v) is 5.82. The van der Waals surface area contributed by atoms with Gasteiger partial charge in [0.2, 0.25) is 15.9 Å². The van der Waals surface area contributed by atoms with E-state index < -0.39 is 10.0 Å². The zero-order valence-corrected chi connectivity index (χ0v) is 14.4. The van der Waals surface area contributed by atoms with E-state index in [4.69, 9.17) is 0 Å². The van der Waals surface area contributed by atoms with E-state index in [2.05, 4.69) is 10.0 Å². The second-order valence-corrected chi connectivity index (χ2v) is 7.89. The van der Waals surface area contributed by atoms with Crippen LogP contribution in [0, 0.1) is 0 Å². The normalized spacial score (nSPS) is 18.1. The molecule has 3 rings (SSSR count). The van der Waals surface area contributed by atoms with Crippen LogP contribution in [0.2, 0.25) is 0 Å². The van der Waals surface area contributed by atoms with Crippen LogP contribution >= 0.6 is 0 Å². The molecule has 1 aliphatic heterocycles. The minimum atomic E-state index is -3.61. The smallest absolute Gasteiger partial charge is 0.240 e. The summed E-state index contributed by atoms with van der Waals surface area (Å²) in [6.45, 7) is 4.06. The van der Waals surface area contributed by atoms with Crippen LogP contribution in [0.4, 0.5) is 5.69 Å². The molecule has 0 aromatic heterocycles. The second kappa shape index (κ2) is 6.37. The first-order valence-corrected chi connectivity index (χ1v) is 9.36. The molecule has 6 heteroatoms. The van der Waals surface area contributed by atoms with Crippen LogP contribution in [-0.4, -0.2) is 20.9 Å². The van der Waals surface area contributed by atoms with Gasteiger partial charge in [-0.15, -0.1) is 0 Å². The molecule has 2 N–H and O–H groups in total. The van der Waals surface area contributed by atoms with Crippen molar-refractivity contribution in [2.45, 2.75) is 30.6 Å². The predicted octanol–water partition coefficient (Wildman–Crippen LogP) is 2.82. The van der Waals surface area contributed by atoms with Gasteiger partial charge in [-0.05, 0) is 42.2 Å². The monoisotopic (exact) mass is 344 g/mol. The minimum Gasteiger partial charge on any atom is -0.325 e. The van der Waals surface area contributed by atoms with E-state index in [1.807, 2.05) is 37.3 Å². The Morgan fingerprint density at radius 3 is 2.58 bits per heavy atom. The van der Waals surface area contributed by atoms with Gasteiger partial charge in [0.25, 0.3) is 0 Å². The molecule has 2 atom stereocenters. The lowest BCUT2D eigenvalue weighted by Crippen LogP contribution is -2.27. The highest BCUT2D eigenvalue weighted by atomic mass is 32.2. The van der Waals surface area contributed by atoms with Crippen molar-refractivity contribution in [2.24, 2.45) is 0 Å². The fourth-order valence-corrected chi connectivity index (χ4v) is 3.95. The van der Waals surface area contributed by atoms with E-state index in [9.17, 15) is 13.2 Å². The Morgan fingerprint density at radius 1 is 1.17 bits per heavy atom. The molecule has 0 unspecified atom stereocenters. The highest BCUT2D eigenvalue weighted by Gasteiger charge is 2.28. The van der Waals surface area contributed by atoms with Gasteiger partial charge in [0.15, 0.2) is 0 Å². The third-order valence-electron chi connectivity index (χ3n) is 4.40. The zero-order chi connectivity index (χ0) is 17.3. The Bertz CT molecular complexity index is 863. The molecule has 1 aliphatic rings. The van der Waals surface area contributed by atoms with Crippen LogP contribution in [0.5, 0.6) is 0 Å². The average Bonchev–Trinajstić information content (AvgIpc) is 2.87. The maximum absolute atomic E-state index is 12.5. The number of nitrogens with one attached hydrogen (secondary N) is 2. The van der Waals surface area contributed by atoms with Gasteiger partial charge < -0.3 is 5.32 Å². The number of benzene rings is 2. The van der Waals surface area contributed by atoms with Crippen molar-refractivity contribution in [3.05, 3.63) is 59.7 Å². The van der Waals surface area contributed by atoms with Gasteiger partial charge in [-0.3, -0.25) is 4.79 Å². The van der Waals surface area contributed by atoms with Crippen LogP contribution in [0.1, 0.15) is 36.8 Å². The largest absolute Gasteiger partial charge is 0.325 e. The number of carbonyl (C=O) groups is 1. The number of anilines is 1. The summed E-state index contributed by atoms with van der Waals surface area (Å²) in [5, 5.41) is 2.74. The molecule has 1 amide bonds. The van der Waals surface area contributed by atoms with Crippen LogP contribution in [0.3, 0.4) is 0 Å². The summed E-state index contributed by atoms with van der Waals surface area (Å²) in [7, 11) is -3.61. The van der Waals surface area contributed by atoms with Crippen molar-refractivity contribution in [1.82, 2.24) is 4.72 Å². The summed E-state index contributed by atoms with van der Waals surface area (Å²) in [6.07, 6.45) is 0. The van der Waals surface area contributed by atoms with E-state index >= 15 is 0 Å². The summed E-state index contributed by atoms with van der Waals surface area (Å²) < 4.78 is 27.7. The number of hydrogen-bond acceptors (Lipinski definition) is 3. The maximum atomic E-state index is 12.5. The number of rotatable bonds is 5. The molecule has 0 radical (unpaired) electrons. The molecule has 1 heterocycles. The molecule has 0 spiro atoms. The Balaban J connectivity index is 1.76. The van der Waals surface area contributed by atoms with Crippen LogP contribution < -0.4 is 10.0 Å². The van der Waals surface area contributed by atoms with E-state index in [0.29, 0.717) is 12.2 Å². The zero-order valence-electron chi connectivity index (χ0n) is 13.6. The van der Waals surface area contributed by atoms with Crippen molar-refractivity contribution < 1.29 is 13.2 Å². The second-order valence-electron chi connectivity index (χ2n) is 6.12. The Kier molecular flexibility index (Phi) is 4.43. The molecule has 0 bridgehead atoms. The van der Waals surface area contributed by atoms with Gasteiger partial charge >= 0.3 is 0 Å². The van der Waals surface area contributed by atoms with E-state index in [-0.39, 0.29) is 22.6 Å². The van der Waals surface area contributed by atoms with Crippen LogP contribution in [0.25, 0.3) is 0 Å². The van der Waals surface area contributed by atoms with Gasteiger partial charge in [0.1, 0.15) is 0 Å². The SMILES string of the molecule is C[C@H](CNS(=O)(=O)c1ccc2c(c1)[C@H](C)C(=O)N2)c1ccccc1. The molecule has 24 heavy (non-hydrogen) atoms. The summed E-state index contributed by atoms with van der Waals surface area (Å²) in [6, 6.07) is 14.5. The van der Waals surface area contributed by atoms with Crippen molar-refractivity contribution in [3.63, 3.8) is 0 Å². The predicted molar refractivity (Wildman–Crippen MR) is 93.5 cm³/mol. The first-order chi connectivity index (χ1) is 11.4. The fourth-order valence-electron chi connectivity index (χ4n) is 2.78. The lowest BCUT2D eigenvalue weighted by atomic mass is 10.0. The molecular formula is C18H20N2O3S. The van der Waals surface area contributed by atoms with Crippen LogP contribution in [-0.2, 0) is 14.8 Å². The van der Waals surface area contributed by atoms with Gasteiger partial charge in [-0.2, -0.15) is 0 Å². The molecule has 2 aromatic carbocycles. The molecule has 2 aromatic rings. The quantitative estimate of drug-likeness (QED) is 0.876. The molecule has 5 nitrogen and oxygen atoms in total. The first-order valence-electron chi connectivity index (χ1n) is 7.88. The first kappa shape index (κ1) is 16.7. The van der Waals surface area contributed by atoms with Crippen LogP contribution in [0.15, 0.2) is 53.4 Å². The highest BCUT2D eigenvalue weighted by molar-refractivity contribution is 7.89. The average molecular weight is 344 g/mol. The van der Waals surface area contributed by atoms with Gasteiger partial charge in [-0.1, -0.05) is 37.3 Å². The minimum absolute atomic E-state index is 0.0672. The topological polar surface area (TPSA) is 75.3 Å². The number of amides is 1. The number of hydrogen-bond donors (Lipinski definition) is 2. The van der Waals surface area contributed by atoms with Crippen molar-refractivity contribution in [1.29, 1.82) is 0 Å². The Hall–Kier alpha value is -2.18. The molecule has 0 saturated carbocycles. The highest BCUT2D eigenvalue weighted by Crippen LogP contribution is 2.33. The van der Waals surface area contributed by atoms with E-state index in [1.54, 1.807) is 19.1 Å². The maximum Gasteiger partial charge on any atom is 0.240 e. The molecule has 0 aliphatic carbocycles. The standard InChI is InChI=1S/C18H20N2O3S/c1-12(14-6-4-3-5-7-14)11-19-24(22,23)15-8-9-17-16(10-15)13(2)18(21)20-17/h3-10,12-13,19H,11H2,1-2H3,(H,20,21)/t12-,13+/m1/s1. The summed E-state index contributed by atoms with van der Waals surface area (Å²) in [5.74, 6) is -0.374. The summed E-state index contributed by atoms with van der Waals surface area (Å²) >= 11 is 0. The van der Waals surface area contributed by atoms with Crippen molar-refractivity contribution in [2.75, 3.05) is 11.9 Å². The molecule has 0 saturated heterocycles. The lowest BCUT2D eigenvalue weighted by Gasteiger charge is -2.14. The summed E-state index contributed by atoms with van der Waals surface area (Å²) in [5.41, 5.74) is 2.49. The summed E-state index contributed by atoms with van der Waals surface area (Å²) in [4.78, 5) is 11.9. The number of fused-ring (bicyclic) bond motifs is 1.